The lowest BCUT2D eigenvalue weighted by atomic mass is 10.1. The summed E-state index contributed by atoms with van der Waals surface area (Å²) in [6.45, 7) is 4.58. The SMILES string of the molecule is CCOc1cc(C)c2cccc(Cl)c2n1. The van der Waals surface area contributed by atoms with Gasteiger partial charge in [-0.05, 0) is 25.5 Å². The maximum absolute atomic E-state index is 6.08. The standard InChI is InChI=1S/C12H12ClNO/c1-3-15-11-7-8(2)9-5-4-6-10(13)12(9)14-11/h4-7H,3H2,1-2H3. The summed E-state index contributed by atoms with van der Waals surface area (Å²) in [5, 5.41) is 1.74. The zero-order valence-electron chi connectivity index (χ0n) is 8.75. The van der Waals surface area contributed by atoms with Gasteiger partial charge in [0.1, 0.15) is 0 Å². The Hall–Kier alpha value is -1.28. The number of hydrogen-bond acceptors (Lipinski definition) is 2. The number of para-hydroxylation sites is 1. The molecule has 0 aliphatic heterocycles. The summed E-state index contributed by atoms with van der Waals surface area (Å²) in [7, 11) is 0. The molecule has 0 N–H and O–H groups in total. The van der Waals surface area contributed by atoms with Gasteiger partial charge in [-0.3, -0.25) is 0 Å². The van der Waals surface area contributed by atoms with E-state index < -0.39 is 0 Å². The Balaban J connectivity index is 2.68. The third kappa shape index (κ3) is 1.90. The van der Waals surface area contributed by atoms with Gasteiger partial charge < -0.3 is 4.74 Å². The Morgan fingerprint density at radius 3 is 2.93 bits per heavy atom. The number of pyridine rings is 1. The van der Waals surface area contributed by atoms with E-state index in [9.17, 15) is 0 Å². The largest absolute Gasteiger partial charge is 0.478 e. The van der Waals surface area contributed by atoms with Crippen LogP contribution in [-0.4, -0.2) is 11.6 Å². The molecule has 0 aliphatic carbocycles. The van der Waals surface area contributed by atoms with Crippen molar-refractivity contribution in [1.29, 1.82) is 0 Å². The quantitative estimate of drug-likeness (QED) is 0.773. The number of hydrogen-bond donors (Lipinski definition) is 0. The van der Waals surface area contributed by atoms with Gasteiger partial charge in [0, 0.05) is 11.5 Å². The van der Waals surface area contributed by atoms with Crippen molar-refractivity contribution < 1.29 is 4.74 Å². The molecule has 0 amide bonds. The number of nitrogens with zero attached hydrogens (tertiary/aromatic N) is 1. The van der Waals surface area contributed by atoms with E-state index in [0.717, 1.165) is 16.5 Å². The Morgan fingerprint density at radius 1 is 1.40 bits per heavy atom. The van der Waals surface area contributed by atoms with Crippen LogP contribution >= 0.6 is 11.6 Å². The number of aromatic nitrogens is 1. The molecule has 0 saturated heterocycles. The fourth-order valence-corrected chi connectivity index (χ4v) is 1.79. The molecule has 3 heteroatoms. The average molecular weight is 222 g/mol. The number of benzene rings is 1. The van der Waals surface area contributed by atoms with Crippen LogP contribution in [0.25, 0.3) is 10.9 Å². The van der Waals surface area contributed by atoms with E-state index in [1.54, 1.807) is 0 Å². The predicted octanol–water partition coefficient (Wildman–Crippen LogP) is 3.60. The molecule has 1 aromatic carbocycles. The van der Waals surface area contributed by atoms with E-state index in [1.807, 2.05) is 38.1 Å². The smallest absolute Gasteiger partial charge is 0.214 e. The van der Waals surface area contributed by atoms with E-state index >= 15 is 0 Å². The molecule has 0 aliphatic rings. The lowest BCUT2D eigenvalue weighted by Crippen LogP contribution is -1.95. The minimum atomic E-state index is 0.613. The molecule has 2 aromatic rings. The monoisotopic (exact) mass is 221 g/mol. The molecule has 2 nitrogen and oxygen atoms in total. The maximum atomic E-state index is 6.08. The normalized spacial score (nSPS) is 10.6. The Labute approximate surface area is 93.8 Å². The number of rotatable bonds is 2. The highest BCUT2D eigenvalue weighted by atomic mass is 35.5. The van der Waals surface area contributed by atoms with Crippen LogP contribution in [0.15, 0.2) is 24.3 Å². The van der Waals surface area contributed by atoms with E-state index in [0.29, 0.717) is 17.5 Å². The number of fused-ring (bicyclic) bond motifs is 1. The van der Waals surface area contributed by atoms with Crippen molar-refractivity contribution in [3.05, 3.63) is 34.9 Å². The van der Waals surface area contributed by atoms with Gasteiger partial charge in [0.2, 0.25) is 5.88 Å². The summed E-state index contributed by atoms with van der Waals surface area (Å²) >= 11 is 6.08. The van der Waals surface area contributed by atoms with Crippen LogP contribution in [0.2, 0.25) is 5.02 Å². The summed E-state index contributed by atoms with van der Waals surface area (Å²) in [6.07, 6.45) is 0. The Morgan fingerprint density at radius 2 is 2.20 bits per heavy atom. The van der Waals surface area contributed by atoms with Crippen molar-refractivity contribution in [3.63, 3.8) is 0 Å². The van der Waals surface area contributed by atoms with Crippen LogP contribution in [0, 0.1) is 6.92 Å². The average Bonchev–Trinajstić information content (AvgIpc) is 2.20. The minimum Gasteiger partial charge on any atom is -0.478 e. The highest BCUT2D eigenvalue weighted by Crippen LogP contribution is 2.26. The first-order chi connectivity index (χ1) is 7.22. The first kappa shape index (κ1) is 10.2. The molecule has 0 unspecified atom stereocenters. The second-order valence-electron chi connectivity index (χ2n) is 3.35. The molecule has 1 heterocycles. The Kier molecular flexibility index (Phi) is 2.78. The fourth-order valence-electron chi connectivity index (χ4n) is 1.57. The molecule has 0 radical (unpaired) electrons. The highest BCUT2D eigenvalue weighted by molar-refractivity contribution is 6.35. The fraction of sp³-hybridized carbons (Fsp3) is 0.250. The van der Waals surface area contributed by atoms with Gasteiger partial charge >= 0.3 is 0 Å². The summed E-state index contributed by atoms with van der Waals surface area (Å²) < 4.78 is 5.38. The minimum absolute atomic E-state index is 0.613. The van der Waals surface area contributed by atoms with Crippen molar-refractivity contribution in [2.45, 2.75) is 13.8 Å². The van der Waals surface area contributed by atoms with Crippen molar-refractivity contribution in [3.8, 4) is 5.88 Å². The number of aryl methyl sites for hydroxylation is 1. The first-order valence-electron chi connectivity index (χ1n) is 4.91. The Bertz CT molecular complexity index is 496. The molecule has 78 valence electrons. The molecule has 2 rings (SSSR count). The summed E-state index contributed by atoms with van der Waals surface area (Å²) in [5.41, 5.74) is 1.94. The predicted molar refractivity (Wildman–Crippen MR) is 62.7 cm³/mol. The topological polar surface area (TPSA) is 22.1 Å². The highest BCUT2D eigenvalue weighted by Gasteiger charge is 2.05. The van der Waals surface area contributed by atoms with Gasteiger partial charge in [-0.25, -0.2) is 4.98 Å². The molecule has 0 spiro atoms. The van der Waals surface area contributed by atoms with Gasteiger partial charge in [0.05, 0.1) is 17.1 Å². The summed E-state index contributed by atoms with van der Waals surface area (Å²) in [6, 6.07) is 7.72. The van der Waals surface area contributed by atoms with Crippen LogP contribution in [0.5, 0.6) is 5.88 Å². The lowest BCUT2D eigenvalue weighted by Gasteiger charge is -2.07. The van der Waals surface area contributed by atoms with Crippen LogP contribution < -0.4 is 4.74 Å². The van der Waals surface area contributed by atoms with Gasteiger partial charge in [-0.1, -0.05) is 23.7 Å². The van der Waals surface area contributed by atoms with Crippen molar-refractivity contribution in [2.75, 3.05) is 6.61 Å². The van der Waals surface area contributed by atoms with E-state index in [4.69, 9.17) is 16.3 Å². The lowest BCUT2D eigenvalue weighted by molar-refractivity contribution is 0.328. The molecule has 15 heavy (non-hydrogen) atoms. The molecule has 0 atom stereocenters. The van der Waals surface area contributed by atoms with Gasteiger partial charge in [0.15, 0.2) is 0 Å². The molecular weight excluding hydrogens is 210 g/mol. The number of ether oxygens (including phenoxy) is 1. The van der Waals surface area contributed by atoms with Gasteiger partial charge in [-0.2, -0.15) is 0 Å². The second kappa shape index (κ2) is 4.07. The van der Waals surface area contributed by atoms with Crippen molar-refractivity contribution in [2.24, 2.45) is 0 Å². The van der Waals surface area contributed by atoms with E-state index in [-0.39, 0.29) is 0 Å². The zero-order chi connectivity index (χ0) is 10.8. The molecule has 1 aromatic heterocycles. The zero-order valence-corrected chi connectivity index (χ0v) is 9.51. The first-order valence-corrected chi connectivity index (χ1v) is 5.29. The third-order valence-corrected chi connectivity index (χ3v) is 2.57. The van der Waals surface area contributed by atoms with Crippen LogP contribution in [0.1, 0.15) is 12.5 Å². The second-order valence-corrected chi connectivity index (χ2v) is 3.75. The molecule has 0 saturated carbocycles. The number of halogens is 1. The van der Waals surface area contributed by atoms with Gasteiger partial charge in [-0.15, -0.1) is 0 Å². The summed E-state index contributed by atoms with van der Waals surface area (Å²) in [4.78, 5) is 4.37. The maximum Gasteiger partial charge on any atom is 0.214 e. The van der Waals surface area contributed by atoms with E-state index in [1.165, 1.54) is 0 Å². The molecular formula is C12H12ClNO. The molecule has 0 bridgehead atoms. The summed E-state index contributed by atoms with van der Waals surface area (Å²) in [5.74, 6) is 0.635. The van der Waals surface area contributed by atoms with Crippen LogP contribution in [0.3, 0.4) is 0 Å². The van der Waals surface area contributed by atoms with Crippen molar-refractivity contribution in [1.82, 2.24) is 4.98 Å². The van der Waals surface area contributed by atoms with Crippen LogP contribution in [0.4, 0.5) is 0 Å². The van der Waals surface area contributed by atoms with Crippen molar-refractivity contribution >= 4 is 22.5 Å². The third-order valence-electron chi connectivity index (χ3n) is 2.27. The van der Waals surface area contributed by atoms with Gasteiger partial charge in [0.25, 0.3) is 0 Å². The molecule has 0 fully saturated rings. The van der Waals surface area contributed by atoms with Crippen LogP contribution in [-0.2, 0) is 0 Å². The van der Waals surface area contributed by atoms with E-state index in [2.05, 4.69) is 4.98 Å².